The van der Waals surface area contributed by atoms with E-state index in [1.165, 1.54) is 35.9 Å². The van der Waals surface area contributed by atoms with Crippen LogP contribution in [0.25, 0.3) is 0 Å². The van der Waals surface area contributed by atoms with E-state index in [1.54, 1.807) is 0 Å². The lowest BCUT2D eigenvalue weighted by molar-refractivity contribution is -0.0232. The lowest BCUT2D eigenvalue weighted by Crippen LogP contribution is -2.37. The van der Waals surface area contributed by atoms with E-state index in [-0.39, 0.29) is 5.22 Å². The summed E-state index contributed by atoms with van der Waals surface area (Å²) >= 11 is 0. The second kappa shape index (κ2) is 4.23. The average molecular weight is 173 g/mol. The van der Waals surface area contributed by atoms with Crippen LogP contribution in [0.5, 0.6) is 0 Å². The molecule has 3 heteroatoms. The van der Waals surface area contributed by atoms with E-state index in [0.717, 1.165) is 19.6 Å². The molecule has 1 fully saturated rings. The van der Waals surface area contributed by atoms with Crippen LogP contribution >= 0.6 is 0 Å². The molecule has 1 aliphatic rings. The highest BCUT2D eigenvalue weighted by Crippen LogP contribution is 2.25. The van der Waals surface area contributed by atoms with E-state index >= 15 is 0 Å². The summed E-state index contributed by atoms with van der Waals surface area (Å²) in [5.74, 6) is 0. The van der Waals surface area contributed by atoms with Gasteiger partial charge in [-0.05, 0) is 38.6 Å². The van der Waals surface area contributed by atoms with Crippen LogP contribution in [0.3, 0.4) is 0 Å². The van der Waals surface area contributed by atoms with Crippen molar-refractivity contribution in [3.63, 3.8) is 0 Å². The van der Waals surface area contributed by atoms with Crippen molar-refractivity contribution in [2.24, 2.45) is 5.73 Å². The zero-order valence-electron chi connectivity index (χ0n) is 7.44. The zero-order chi connectivity index (χ0) is 8.16. The Bertz CT molecular complexity index is 113. The van der Waals surface area contributed by atoms with E-state index < -0.39 is 0 Å². The van der Waals surface area contributed by atoms with Crippen LogP contribution in [-0.4, -0.2) is 28.6 Å². The first-order chi connectivity index (χ1) is 5.27. The first-order valence-corrected chi connectivity index (χ1v) is 5.61. The summed E-state index contributed by atoms with van der Waals surface area (Å²) in [5.41, 5.74) is 5.46. The average Bonchev–Trinajstić information content (AvgIpc) is 2.03. The molecule has 11 heavy (non-hydrogen) atoms. The largest absolute Gasteiger partial charge is 0.380 e. The normalized spacial score (nSPS) is 32.5. The minimum Gasteiger partial charge on any atom is -0.380 e. The number of nitrogens with two attached hydrogens (primary N) is 1. The van der Waals surface area contributed by atoms with Crippen molar-refractivity contribution >= 4 is 10.2 Å². The van der Waals surface area contributed by atoms with Gasteiger partial charge in [-0.3, -0.25) is 0 Å². The number of hydrogen-bond donors (Lipinski definition) is 1. The highest BCUT2D eigenvalue weighted by Gasteiger charge is 2.26. The van der Waals surface area contributed by atoms with Crippen LogP contribution in [0.2, 0.25) is 0 Å². The molecule has 0 aromatic carbocycles. The quantitative estimate of drug-likeness (QED) is 0.609. The molecular formula is C8H19NOSi. The zero-order valence-corrected chi connectivity index (χ0v) is 9.44. The van der Waals surface area contributed by atoms with Crippen molar-refractivity contribution in [3.8, 4) is 0 Å². The molecule has 1 unspecified atom stereocenters. The van der Waals surface area contributed by atoms with E-state index in [4.69, 9.17) is 10.5 Å². The van der Waals surface area contributed by atoms with Gasteiger partial charge in [-0.1, -0.05) is 0 Å². The second-order valence-electron chi connectivity index (χ2n) is 3.65. The summed E-state index contributed by atoms with van der Waals surface area (Å²) in [7, 11) is 1.17. The van der Waals surface area contributed by atoms with Gasteiger partial charge in [-0.25, -0.2) is 0 Å². The van der Waals surface area contributed by atoms with Crippen LogP contribution in [0.15, 0.2) is 0 Å². The van der Waals surface area contributed by atoms with Gasteiger partial charge in [0.15, 0.2) is 0 Å². The number of ether oxygens (including phenoxy) is 1. The first kappa shape index (κ1) is 9.23. The molecule has 1 aliphatic heterocycles. The summed E-state index contributed by atoms with van der Waals surface area (Å²) in [5, 5.41) is 0.289. The fourth-order valence-corrected chi connectivity index (χ4v) is 2.58. The van der Waals surface area contributed by atoms with Gasteiger partial charge in [0.2, 0.25) is 0 Å². The molecule has 2 N–H and O–H groups in total. The fraction of sp³-hybridized carbons (Fsp3) is 1.00. The maximum absolute atomic E-state index is 5.77. The third-order valence-corrected chi connectivity index (χ3v) is 3.75. The molecule has 66 valence electrons. The van der Waals surface area contributed by atoms with Crippen molar-refractivity contribution in [3.05, 3.63) is 0 Å². The van der Waals surface area contributed by atoms with Crippen LogP contribution in [0.1, 0.15) is 32.1 Å². The summed E-state index contributed by atoms with van der Waals surface area (Å²) in [6, 6.07) is 0. The molecule has 0 saturated carbocycles. The molecule has 0 bridgehead atoms. The van der Waals surface area contributed by atoms with Crippen molar-refractivity contribution in [2.45, 2.75) is 37.3 Å². The summed E-state index contributed by atoms with van der Waals surface area (Å²) in [6.45, 7) is 1.79. The lowest BCUT2D eigenvalue weighted by atomic mass is 10.0. The van der Waals surface area contributed by atoms with Gasteiger partial charge >= 0.3 is 0 Å². The van der Waals surface area contributed by atoms with Gasteiger partial charge in [0, 0.05) is 22.1 Å². The Hall–Kier alpha value is 0.137. The van der Waals surface area contributed by atoms with Gasteiger partial charge in [0.1, 0.15) is 0 Å². The number of hydrogen-bond acceptors (Lipinski definition) is 2. The molecule has 0 aromatic rings. The summed E-state index contributed by atoms with van der Waals surface area (Å²) in [6.07, 6.45) is 6.21. The van der Waals surface area contributed by atoms with Crippen LogP contribution in [0, 0.1) is 0 Å². The van der Waals surface area contributed by atoms with Crippen LogP contribution in [0.4, 0.5) is 0 Å². The van der Waals surface area contributed by atoms with E-state index in [0.29, 0.717) is 0 Å². The van der Waals surface area contributed by atoms with Crippen LogP contribution in [-0.2, 0) is 4.74 Å². The Kier molecular flexibility index (Phi) is 3.55. The Balaban J connectivity index is 2.25. The molecule has 0 aromatic heterocycles. The topological polar surface area (TPSA) is 35.2 Å². The predicted molar refractivity (Wildman–Crippen MR) is 50.8 cm³/mol. The lowest BCUT2D eigenvalue weighted by Gasteiger charge is -2.34. The standard InChI is InChI=1S/C8H19NOSi/c9-6-3-5-8(11)4-1-2-7-10-8/h1-7,9H2,11H3. The fourth-order valence-electron chi connectivity index (χ4n) is 1.66. The van der Waals surface area contributed by atoms with Crippen LogP contribution < -0.4 is 5.73 Å². The molecule has 1 heterocycles. The molecular weight excluding hydrogens is 154 g/mol. The second-order valence-corrected chi connectivity index (χ2v) is 5.47. The highest BCUT2D eigenvalue weighted by atomic mass is 28.1. The molecule has 1 atom stereocenters. The third kappa shape index (κ3) is 2.93. The van der Waals surface area contributed by atoms with Crippen molar-refractivity contribution < 1.29 is 4.74 Å². The monoisotopic (exact) mass is 173 g/mol. The van der Waals surface area contributed by atoms with E-state index in [9.17, 15) is 0 Å². The molecule has 0 spiro atoms. The Labute approximate surface area is 71.9 Å². The molecule has 0 aliphatic carbocycles. The molecule has 0 radical (unpaired) electrons. The molecule has 2 nitrogen and oxygen atoms in total. The summed E-state index contributed by atoms with van der Waals surface area (Å²) in [4.78, 5) is 0. The van der Waals surface area contributed by atoms with Gasteiger partial charge in [0.05, 0.1) is 0 Å². The minimum atomic E-state index is 0.289. The number of rotatable bonds is 3. The summed E-state index contributed by atoms with van der Waals surface area (Å²) < 4.78 is 5.77. The van der Waals surface area contributed by atoms with E-state index in [1.807, 2.05) is 0 Å². The maximum Gasteiger partial charge on any atom is 0.0486 e. The Morgan fingerprint density at radius 3 is 2.82 bits per heavy atom. The Morgan fingerprint density at radius 1 is 1.45 bits per heavy atom. The van der Waals surface area contributed by atoms with Gasteiger partial charge in [-0.15, -0.1) is 0 Å². The van der Waals surface area contributed by atoms with Gasteiger partial charge in [0.25, 0.3) is 0 Å². The molecule has 1 rings (SSSR count). The van der Waals surface area contributed by atoms with Gasteiger partial charge < -0.3 is 10.5 Å². The first-order valence-electron chi connectivity index (χ1n) is 4.61. The SMILES string of the molecule is NCCCC1([SiH3])CCCCO1. The predicted octanol–water partition coefficient (Wildman–Crippen LogP) is -0.0125. The van der Waals surface area contributed by atoms with Crippen molar-refractivity contribution in [2.75, 3.05) is 13.2 Å². The van der Waals surface area contributed by atoms with Crippen molar-refractivity contribution in [1.82, 2.24) is 0 Å². The smallest absolute Gasteiger partial charge is 0.0486 e. The van der Waals surface area contributed by atoms with Crippen molar-refractivity contribution in [1.29, 1.82) is 0 Å². The highest BCUT2D eigenvalue weighted by molar-refractivity contribution is 6.14. The molecule has 1 saturated heterocycles. The maximum atomic E-state index is 5.77. The minimum absolute atomic E-state index is 0.289. The van der Waals surface area contributed by atoms with Gasteiger partial charge in [-0.2, -0.15) is 0 Å². The van der Waals surface area contributed by atoms with E-state index in [2.05, 4.69) is 0 Å². The molecule has 0 amide bonds. The third-order valence-electron chi connectivity index (χ3n) is 2.46. The Morgan fingerprint density at radius 2 is 2.27 bits per heavy atom.